The van der Waals surface area contributed by atoms with Crippen LogP contribution < -0.4 is 10.1 Å². The van der Waals surface area contributed by atoms with Crippen LogP contribution in [-0.2, 0) is 10.0 Å². The number of amides is 2. The van der Waals surface area contributed by atoms with Crippen LogP contribution in [0.5, 0.6) is 5.75 Å². The Kier molecular flexibility index (Phi) is 5.48. The summed E-state index contributed by atoms with van der Waals surface area (Å²) in [5.41, 5.74) is 0. The van der Waals surface area contributed by atoms with Gasteiger partial charge in [0.25, 0.3) is 0 Å². The molecule has 1 aliphatic rings. The van der Waals surface area contributed by atoms with Crippen LogP contribution in [0.1, 0.15) is 13.8 Å². The monoisotopic (exact) mass is 341 g/mol. The minimum Gasteiger partial charge on any atom is -0.495 e. The van der Waals surface area contributed by atoms with Crippen LogP contribution >= 0.6 is 0 Å². The van der Waals surface area contributed by atoms with Gasteiger partial charge in [0.05, 0.1) is 7.11 Å². The Morgan fingerprint density at radius 3 is 2.35 bits per heavy atom. The number of hydrogen-bond donors (Lipinski definition) is 1. The van der Waals surface area contributed by atoms with Gasteiger partial charge in [-0.05, 0) is 26.0 Å². The van der Waals surface area contributed by atoms with Gasteiger partial charge in [0, 0.05) is 32.2 Å². The lowest BCUT2D eigenvalue weighted by atomic mass is 10.3. The van der Waals surface area contributed by atoms with Crippen LogP contribution in [0.3, 0.4) is 0 Å². The SMILES string of the molecule is COc1ccccc1S(=O)(=O)N1CCN(C(=O)NC(C)C)CC1. The molecule has 2 amide bonds. The fraction of sp³-hybridized carbons (Fsp3) is 0.533. The standard InChI is InChI=1S/C15H23N3O4S/c1-12(2)16-15(19)17-8-10-18(11-9-17)23(20,21)14-7-5-4-6-13(14)22-3/h4-7,12H,8-11H2,1-3H3,(H,16,19). The van der Waals surface area contributed by atoms with E-state index in [0.29, 0.717) is 18.8 Å². The second kappa shape index (κ2) is 7.18. The number of hydrogen-bond acceptors (Lipinski definition) is 4. The molecule has 1 fully saturated rings. The van der Waals surface area contributed by atoms with Gasteiger partial charge in [-0.1, -0.05) is 12.1 Å². The van der Waals surface area contributed by atoms with Crippen molar-refractivity contribution in [1.82, 2.24) is 14.5 Å². The zero-order valence-electron chi connectivity index (χ0n) is 13.7. The Morgan fingerprint density at radius 1 is 1.17 bits per heavy atom. The van der Waals surface area contributed by atoms with Crippen molar-refractivity contribution in [2.24, 2.45) is 0 Å². The Morgan fingerprint density at radius 2 is 1.78 bits per heavy atom. The van der Waals surface area contributed by atoms with Gasteiger partial charge in [-0.15, -0.1) is 0 Å². The van der Waals surface area contributed by atoms with Gasteiger partial charge in [-0.3, -0.25) is 0 Å². The molecule has 0 unspecified atom stereocenters. The number of para-hydroxylation sites is 1. The van der Waals surface area contributed by atoms with E-state index in [9.17, 15) is 13.2 Å². The maximum Gasteiger partial charge on any atom is 0.317 e. The average Bonchev–Trinajstić information content (AvgIpc) is 2.54. The first kappa shape index (κ1) is 17.6. The Labute approximate surface area is 137 Å². The van der Waals surface area contributed by atoms with Crippen LogP contribution in [0.2, 0.25) is 0 Å². The van der Waals surface area contributed by atoms with Crippen LogP contribution in [0, 0.1) is 0 Å². The molecule has 2 rings (SSSR count). The van der Waals surface area contributed by atoms with Crippen LogP contribution in [0.4, 0.5) is 4.79 Å². The average molecular weight is 341 g/mol. The second-order valence-electron chi connectivity index (χ2n) is 5.65. The van der Waals surface area contributed by atoms with Gasteiger partial charge in [-0.25, -0.2) is 13.2 Å². The fourth-order valence-corrected chi connectivity index (χ4v) is 4.02. The Balaban J connectivity index is 2.08. The molecule has 0 aliphatic carbocycles. The van der Waals surface area contributed by atoms with E-state index in [1.807, 2.05) is 13.8 Å². The van der Waals surface area contributed by atoms with Gasteiger partial charge in [-0.2, -0.15) is 4.31 Å². The summed E-state index contributed by atoms with van der Waals surface area (Å²) in [7, 11) is -2.18. The van der Waals surface area contributed by atoms with E-state index in [0.717, 1.165) is 0 Å². The maximum absolute atomic E-state index is 12.7. The van der Waals surface area contributed by atoms with Crippen molar-refractivity contribution < 1.29 is 17.9 Å². The van der Waals surface area contributed by atoms with Crippen molar-refractivity contribution in [3.8, 4) is 5.75 Å². The van der Waals surface area contributed by atoms with Gasteiger partial charge in [0.15, 0.2) is 0 Å². The molecule has 1 aromatic rings. The third kappa shape index (κ3) is 3.94. The smallest absolute Gasteiger partial charge is 0.317 e. The van der Waals surface area contributed by atoms with Gasteiger partial charge < -0.3 is 15.0 Å². The number of nitrogens with zero attached hydrogens (tertiary/aromatic N) is 2. The molecule has 23 heavy (non-hydrogen) atoms. The zero-order valence-corrected chi connectivity index (χ0v) is 14.5. The van der Waals surface area contributed by atoms with Crippen molar-refractivity contribution in [2.45, 2.75) is 24.8 Å². The minimum absolute atomic E-state index is 0.0536. The molecule has 0 aromatic heterocycles. The molecule has 0 saturated carbocycles. The fourth-order valence-electron chi connectivity index (χ4n) is 2.44. The third-order valence-electron chi connectivity index (χ3n) is 3.62. The lowest BCUT2D eigenvalue weighted by Crippen LogP contribution is -2.53. The molecular formula is C15H23N3O4S. The summed E-state index contributed by atoms with van der Waals surface area (Å²) in [6, 6.07) is 6.45. The van der Waals surface area contributed by atoms with Crippen molar-refractivity contribution in [3.05, 3.63) is 24.3 Å². The minimum atomic E-state index is -3.63. The Hall–Kier alpha value is -1.80. The number of sulfonamides is 1. The highest BCUT2D eigenvalue weighted by Gasteiger charge is 2.31. The summed E-state index contributed by atoms with van der Waals surface area (Å²) in [6.07, 6.45) is 0. The molecule has 0 atom stereocenters. The molecule has 1 aromatic carbocycles. The number of benzene rings is 1. The quantitative estimate of drug-likeness (QED) is 0.890. The number of urea groups is 1. The predicted octanol–water partition coefficient (Wildman–Crippen LogP) is 1.12. The summed E-state index contributed by atoms with van der Waals surface area (Å²) in [5.74, 6) is 0.326. The lowest BCUT2D eigenvalue weighted by molar-refractivity contribution is 0.170. The summed E-state index contributed by atoms with van der Waals surface area (Å²) in [6.45, 7) is 5.05. The number of piperazine rings is 1. The summed E-state index contributed by atoms with van der Waals surface area (Å²) in [5, 5.41) is 2.81. The van der Waals surface area contributed by atoms with E-state index < -0.39 is 10.0 Å². The highest BCUT2D eigenvalue weighted by Crippen LogP contribution is 2.26. The van der Waals surface area contributed by atoms with Crippen molar-refractivity contribution >= 4 is 16.1 Å². The van der Waals surface area contributed by atoms with E-state index in [-0.39, 0.29) is 30.1 Å². The van der Waals surface area contributed by atoms with E-state index in [2.05, 4.69) is 5.32 Å². The highest BCUT2D eigenvalue weighted by molar-refractivity contribution is 7.89. The molecule has 1 N–H and O–H groups in total. The van der Waals surface area contributed by atoms with Gasteiger partial charge in [0.1, 0.15) is 10.6 Å². The molecule has 0 bridgehead atoms. The summed E-state index contributed by atoms with van der Waals surface area (Å²) >= 11 is 0. The number of nitrogens with one attached hydrogen (secondary N) is 1. The molecule has 1 saturated heterocycles. The molecule has 1 aliphatic heterocycles. The van der Waals surface area contributed by atoms with Crippen LogP contribution in [0.25, 0.3) is 0 Å². The third-order valence-corrected chi connectivity index (χ3v) is 5.56. The molecule has 128 valence electrons. The first-order valence-electron chi connectivity index (χ1n) is 7.55. The van der Waals surface area contributed by atoms with Crippen molar-refractivity contribution in [2.75, 3.05) is 33.3 Å². The maximum atomic E-state index is 12.7. The molecule has 8 heteroatoms. The molecule has 7 nitrogen and oxygen atoms in total. The number of rotatable bonds is 4. The van der Waals surface area contributed by atoms with Crippen LogP contribution in [-0.4, -0.2) is 63.0 Å². The second-order valence-corrected chi connectivity index (χ2v) is 7.55. The molecule has 0 radical (unpaired) electrons. The highest BCUT2D eigenvalue weighted by atomic mass is 32.2. The van der Waals surface area contributed by atoms with Gasteiger partial charge >= 0.3 is 6.03 Å². The number of carbonyl (C=O) groups excluding carboxylic acids is 1. The Bertz CT molecular complexity index is 652. The normalized spacial score (nSPS) is 16.4. The lowest BCUT2D eigenvalue weighted by Gasteiger charge is -2.34. The van der Waals surface area contributed by atoms with E-state index in [1.54, 1.807) is 23.1 Å². The van der Waals surface area contributed by atoms with E-state index in [4.69, 9.17) is 4.74 Å². The van der Waals surface area contributed by atoms with E-state index >= 15 is 0 Å². The van der Waals surface area contributed by atoms with Gasteiger partial charge in [0.2, 0.25) is 10.0 Å². The molecule has 1 heterocycles. The molecular weight excluding hydrogens is 318 g/mol. The largest absolute Gasteiger partial charge is 0.495 e. The topological polar surface area (TPSA) is 79.0 Å². The predicted molar refractivity (Wildman–Crippen MR) is 87.0 cm³/mol. The summed E-state index contributed by atoms with van der Waals surface area (Å²) in [4.78, 5) is 13.8. The number of ether oxygens (including phenoxy) is 1. The number of carbonyl (C=O) groups is 1. The van der Waals surface area contributed by atoms with Crippen molar-refractivity contribution in [3.63, 3.8) is 0 Å². The first-order valence-corrected chi connectivity index (χ1v) is 8.99. The van der Waals surface area contributed by atoms with Crippen LogP contribution in [0.15, 0.2) is 29.2 Å². The van der Waals surface area contributed by atoms with Crippen molar-refractivity contribution in [1.29, 1.82) is 0 Å². The first-order chi connectivity index (χ1) is 10.9. The number of methoxy groups -OCH3 is 1. The summed E-state index contributed by atoms with van der Waals surface area (Å²) < 4.78 is 32.0. The van der Waals surface area contributed by atoms with E-state index in [1.165, 1.54) is 17.5 Å². The molecule has 0 spiro atoms. The zero-order chi connectivity index (χ0) is 17.0.